The van der Waals surface area contributed by atoms with Crippen molar-refractivity contribution in [1.29, 1.82) is 10.8 Å². The van der Waals surface area contributed by atoms with Gasteiger partial charge in [-0.25, -0.2) is 0 Å². The van der Waals surface area contributed by atoms with E-state index in [4.69, 9.17) is 20.3 Å². The van der Waals surface area contributed by atoms with Crippen LogP contribution in [0.1, 0.15) is 11.1 Å². The normalized spacial score (nSPS) is 10.4. The first kappa shape index (κ1) is 34.2. The monoisotopic (exact) mass is 686 g/mol. The second kappa shape index (κ2) is 16.2. The van der Waals surface area contributed by atoms with Crippen LogP contribution in [-0.2, 0) is 0 Å². The van der Waals surface area contributed by atoms with Gasteiger partial charge in [0.25, 0.3) is 0 Å². The van der Waals surface area contributed by atoms with E-state index in [0.29, 0.717) is 34.7 Å². The summed E-state index contributed by atoms with van der Waals surface area (Å²) in [6, 6.07) is 58.8. The van der Waals surface area contributed by atoms with Crippen molar-refractivity contribution >= 4 is 35.5 Å². The van der Waals surface area contributed by atoms with Crippen LogP contribution < -0.4 is 20.1 Å². The number of nitrogens with one attached hydrogen (secondary N) is 4. The second-order valence-electron chi connectivity index (χ2n) is 11.6. The highest BCUT2D eigenvalue weighted by Gasteiger charge is 2.07. The Hall–Kier alpha value is -6.63. The van der Waals surface area contributed by atoms with E-state index in [1.807, 2.05) is 158 Å². The van der Waals surface area contributed by atoms with Crippen LogP contribution in [0.4, 0.5) is 11.4 Å². The Kier molecular flexibility index (Phi) is 10.9. The topological polar surface area (TPSA) is 90.2 Å². The SMILES string of the molecule is Cl.N=C(Nc1ccc(Oc2cccc(Oc3ccc(NC(=N)c4ccc(-c5ccccc5)cc4)cc3)c2)cc1)c1ccc(-c2ccccc2)cc1. The summed E-state index contributed by atoms with van der Waals surface area (Å²) in [6.07, 6.45) is 0. The van der Waals surface area contributed by atoms with Crippen LogP contribution >= 0.6 is 12.4 Å². The molecule has 7 rings (SSSR count). The maximum absolute atomic E-state index is 8.53. The van der Waals surface area contributed by atoms with Gasteiger partial charge in [0.15, 0.2) is 0 Å². The Morgan fingerprint density at radius 1 is 0.353 bits per heavy atom. The zero-order valence-electron chi connectivity index (χ0n) is 27.5. The second-order valence-corrected chi connectivity index (χ2v) is 11.6. The molecule has 0 saturated carbocycles. The van der Waals surface area contributed by atoms with Crippen molar-refractivity contribution in [1.82, 2.24) is 0 Å². The van der Waals surface area contributed by atoms with Crippen LogP contribution in [0.15, 0.2) is 182 Å². The molecular formula is C44H35ClN4O2. The van der Waals surface area contributed by atoms with E-state index in [-0.39, 0.29) is 12.4 Å². The van der Waals surface area contributed by atoms with Crippen molar-refractivity contribution in [2.75, 3.05) is 10.6 Å². The molecule has 0 bridgehead atoms. The first-order valence-corrected chi connectivity index (χ1v) is 16.2. The minimum atomic E-state index is 0. The number of benzene rings is 7. The Labute approximate surface area is 303 Å². The van der Waals surface area contributed by atoms with E-state index in [1.165, 1.54) is 0 Å². The van der Waals surface area contributed by atoms with Gasteiger partial charge in [-0.3, -0.25) is 10.8 Å². The molecule has 0 saturated heterocycles. The molecule has 0 aliphatic carbocycles. The van der Waals surface area contributed by atoms with Gasteiger partial charge in [-0.2, -0.15) is 0 Å². The summed E-state index contributed by atoms with van der Waals surface area (Å²) in [6.45, 7) is 0. The van der Waals surface area contributed by atoms with Crippen molar-refractivity contribution in [2.45, 2.75) is 0 Å². The molecule has 0 aliphatic rings. The third-order valence-corrected chi connectivity index (χ3v) is 8.09. The van der Waals surface area contributed by atoms with Gasteiger partial charge in [-0.15, -0.1) is 12.4 Å². The molecule has 0 aliphatic heterocycles. The standard InChI is InChI=1S/C44H34N4O2.ClH/c45-43(35-18-14-33(15-19-35)31-8-3-1-4-9-31)47-37-22-26-39(27-23-37)49-41-12-7-13-42(30-41)50-40-28-24-38(25-29-40)48-44(46)36-20-16-34(17-21-36)32-10-5-2-6-11-32;/h1-30H,(H2,45,47)(H2,46,48);1H. The molecule has 7 aromatic rings. The molecule has 51 heavy (non-hydrogen) atoms. The number of ether oxygens (including phenoxy) is 2. The van der Waals surface area contributed by atoms with E-state index in [0.717, 1.165) is 44.8 Å². The van der Waals surface area contributed by atoms with Crippen molar-refractivity contribution in [3.8, 4) is 45.3 Å². The van der Waals surface area contributed by atoms with Crippen molar-refractivity contribution in [3.05, 3.63) is 193 Å². The first-order chi connectivity index (χ1) is 24.6. The fourth-order valence-electron chi connectivity index (χ4n) is 5.44. The van der Waals surface area contributed by atoms with Crippen molar-refractivity contribution in [2.24, 2.45) is 0 Å². The fourth-order valence-corrected chi connectivity index (χ4v) is 5.44. The molecule has 0 unspecified atom stereocenters. The number of hydrogen-bond acceptors (Lipinski definition) is 4. The van der Waals surface area contributed by atoms with Gasteiger partial charge in [-0.1, -0.05) is 115 Å². The summed E-state index contributed by atoms with van der Waals surface area (Å²) in [5, 5.41) is 23.4. The summed E-state index contributed by atoms with van der Waals surface area (Å²) in [5.41, 5.74) is 7.71. The lowest BCUT2D eigenvalue weighted by Gasteiger charge is -2.12. The van der Waals surface area contributed by atoms with E-state index >= 15 is 0 Å². The van der Waals surface area contributed by atoms with Crippen LogP contribution in [0.3, 0.4) is 0 Å². The molecule has 4 N–H and O–H groups in total. The molecule has 6 nitrogen and oxygen atoms in total. The predicted octanol–water partition coefficient (Wildman–Crippen LogP) is 11.9. The molecule has 0 fully saturated rings. The molecule has 0 spiro atoms. The zero-order valence-corrected chi connectivity index (χ0v) is 28.4. The summed E-state index contributed by atoms with van der Waals surface area (Å²) < 4.78 is 12.2. The lowest BCUT2D eigenvalue weighted by molar-refractivity contribution is 0.460. The van der Waals surface area contributed by atoms with Gasteiger partial charge < -0.3 is 20.1 Å². The van der Waals surface area contributed by atoms with Crippen LogP contribution in [0.2, 0.25) is 0 Å². The summed E-state index contributed by atoms with van der Waals surface area (Å²) in [5.74, 6) is 3.25. The van der Waals surface area contributed by atoms with Crippen LogP contribution in [-0.4, -0.2) is 11.7 Å². The third kappa shape index (κ3) is 8.89. The van der Waals surface area contributed by atoms with Gasteiger partial charge in [0.05, 0.1) is 0 Å². The van der Waals surface area contributed by atoms with Gasteiger partial charge in [0, 0.05) is 28.6 Å². The van der Waals surface area contributed by atoms with E-state index in [9.17, 15) is 0 Å². The van der Waals surface area contributed by atoms with Gasteiger partial charge >= 0.3 is 0 Å². The first-order valence-electron chi connectivity index (χ1n) is 16.2. The number of hydrogen-bond donors (Lipinski definition) is 4. The molecule has 0 radical (unpaired) electrons. The molecule has 0 aromatic heterocycles. The summed E-state index contributed by atoms with van der Waals surface area (Å²) in [7, 11) is 0. The average molecular weight is 687 g/mol. The van der Waals surface area contributed by atoms with Crippen LogP contribution in [0, 0.1) is 10.8 Å². The highest BCUT2D eigenvalue weighted by atomic mass is 35.5. The molecule has 0 heterocycles. The minimum Gasteiger partial charge on any atom is -0.457 e. The smallest absolute Gasteiger partial charge is 0.131 e. The van der Waals surface area contributed by atoms with Crippen LogP contribution in [0.25, 0.3) is 22.3 Å². The van der Waals surface area contributed by atoms with E-state index < -0.39 is 0 Å². The van der Waals surface area contributed by atoms with Crippen molar-refractivity contribution in [3.63, 3.8) is 0 Å². The van der Waals surface area contributed by atoms with E-state index in [2.05, 4.69) is 34.9 Å². The highest BCUT2D eigenvalue weighted by molar-refractivity contribution is 6.07. The molecule has 7 heteroatoms. The number of anilines is 2. The maximum atomic E-state index is 8.53. The maximum Gasteiger partial charge on any atom is 0.131 e. The predicted molar refractivity (Wildman–Crippen MR) is 211 cm³/mol. The zero-order chi connectivity index (χ0) is 34.1. The van der Waals surface area contributed by atoms with Gasteiger partial charge in [0.1, 0.15) is 34.7 Å². The highest BCUT2D eigenvalue weighted by Crippen LogP contribution is 2.30. The van der Waals surface area contributed by atoms with Crippen molar-refractivity contribution < 1.29 is 9.47 Å². The number of amidine groups is 2. The lowest BCUT2D eigenvalue weighted by Crippen LogP contribution is -2.11. The largest absolute Gasteiger partial charge is 0.457 e. The Morgan fingerprint density at radius 2 is 0.706 bits per heavy atom. The Balaban J connectivity index is 0.00000448. The average Bonchev–Trinajstić information content (AvgIpc) is 3.17. The molecule has 0 amide bonds. The summed E-state index contributed by atoms with van der Waals surface area (Å²) >= 11 is 0. The van der Waals surface area contributed by atoms with Crippen LogP contribution in [0.5, 0.6) is 23.0 Å². The summed E-state index contributed by atoms with van der Waals surface area (Å²) in [4.78, 5) is 0. The van der Waals surface area contributed by atoms with E-state index in [1.54, 1.807) is 0 Å². The van der Waals surface area contributed by atoms with Gasteiger partial charge in [0.2, 0.25) is 0 Å². The number of rotatable bonds is 10. The molecule has 7 aromatic carbocycles. The lowest BCUT2D eigenvalue weighted by atomic mass is 10.0. The molecule has 250 valence electrons. The fraction of sp³-hybridized carbons (Fsp3) is 0. The quantitative estimate of drug-likeness (QED) is 0.0851. The minimum absolute atomic E-state index is 0. The Morgan fingerprint density at radius 3 is 1.08 bits per heavy atom. The molecule has 0 atom stereocenters. The Bertz CT molecular complexity index is 2050. The van der Waals surface area contributed by atoms with Gasteiger partial charge in [-0.05, 0) is 82.9 Å². The molecular weight excluding hydrogens is 652 g/mol. The third-order valence-electron chi connectivity index (χ3n) is 8.09. The number of halogens is 1.